The molecule has 0 bridgehead atoms. The van der Waals surface area contributed by atoms with Crippen LogP contribution in [0.25, 0.3) is 0 Å². The first-order chi connectivity index (χ1) is 12.5. The molecule has 2 aromatic carbocycles. The number of carbonyl (C=O) groups is 1. The minimum absolute atomic E-state index is 0.152. The van der Waals surface area contributed by atoms with Crippen molar-refractivity contribution in [1.29, 1.82) is 0 Å². The average Bonchev–Trinajstić information content (AvgIpc) is 2.60. The number of nitrogens with one attached hydrogen (secondary N) is 1. The van der Waals surface area contributed by atoms with E-state index in [0.717, 1.165) is 14.5 Å². The van der Waals surface area contributed by atoms with E-state index in [-0.39, 0.29) is 12.5 Å². The second-order valence-electron chi connectivity index (χ2n) is 4.95. The Morgan fingerprint density at radius 3 is 2.46 bits per heavy atom. The number of hydrazone groups is 1. The Bertz CT molecular complexity index is 788. The van der Waals surface area contributed by atoms with Crippen molar-refractivity contribution in [3.05, 3.63) is 68.6 Å². The summed E-state index contributed by atoms with van der Waals surface area (Å²) < 4.78 is 12.4. The number of hydrogen-bond donors (Lipinski definition) is 1. The molecule has 2 aromatic rings. The van der Waals surface area contributed by atoms with E-state index in [9.17, 15) is 4.79 Å². The number of rotatable bonds is 8. The van der Waals surface area contributed by atoms with Gasteiger partial charge in [0.25, 0.3) is 5.91 Å². The first-order valence-electron chi connectivity index (χ1n) is 7.42. The summed E-state index contributed by atoms with van der Waals surface area (Å²) in [6.45, 7) is 3.86. The summed E-state index contributed by atoms with van der Waals surface area (Å²) in [5.74, 6) is 0.847. The standard InChI is InChI=1S/C18H15Br2ClN2O3/c1-2-7-25-18-15(19)8-12(9-16(18)20)10-22-23-17(24)11-26-14-5-3-13(21)4-6-14/h2-6,8-10H,1,7,11H2,(H,23,24). The molecular weight excluding hydrogens is 487 g/mol. The van der Waals surface area contributed by atoms with Gasteiger partial charge in [0, 0.05) is 5.02 Å². The third-order valence-electron chi connectivity index (χ3n) is 2.95. The summed E-state index contributed by atoms with van der Waals surface area (Å²) in [5.41, 5.74) is 3.18. The molecule has 2 rings (SSSR count). The molecule has 0 aromatic heterocycles. The molecule has 0 fully saturated rings. The van der Waals surface area contributed by atoms with Gasteiger partial charge in [0.1, 0.15) is 18.1 Å². The Balaban J connectivity index is 1.88. The lowest BCUT2D eigenvalue weighted by Gasteiger charge is -2.09. The zero-order chi connectivity index (χ0) is 18.9. The van der Waals surface area contributed by atoms with Gasteiger partial charge in [-0.2, -0.15) is 5.10 Å². The molecule has 8 heteroatoms. The number of nitrogens with zero attached hydrogens (tertiary/aromatic N) is 1. The van der Waals surface area contributed by atoms with Crippen LogP contribution in [0.4, 0.5) is 0 Å². The Kier molecular flexibility index (Phi) is 8.15. The summed E-state index contributed by atoms with van der Waals surface area (Å²) in [4.78, 5) is 11.8. The van der Waals surface area contributed by atoms with Crippen molar-refractivity contribution in [2.24, 2.45) is 5.10 Å². The molecule has 1 N–H and O–H groups in total. The van der Waals surface area contributed by atoms with E-state index in [2.05, 4.69) is 49.0 Å². The van der Waals surface area contributed by atoms with E-state index >= 15 is 0 Å². The summed E-state index contributed by atoms with van der Waals surface area (Å²) in [7, 11) is 0. The van der Waals surface area contributed by atoms with E-state index in [0.29, 0.717) is 23.1 Å². The molecule has 0 aliphatic carbocycles. The maximum Gasteiger partial charge on any atom is 0.277 e. The summed E-state index contributed by atoms with van der Waals surface area (Å²) >= 11 is 12.7. The highest BCUT2D eigenvalue weighted by atomic mass is 79.9. The Hall–Kier alpha value is -1.83. The molecule has 0 saturated heterocycles. The minimum Gasteiger partial charge on any atom is -0.487 e. The lowest BCUT2D eigenvalue weighted by molar-refractivity contribution is -0.123. The maximum atomic E-state index is 11.8. The van der Waals surface area contributed by atoms with Crippen molar-refractivity contribution in [3.8, 4) is 11.5 Å². The molecule has 5 nitrogen and oxygen atoms in total. The first kappa shape index (κ1) is 20.5. The number of benzene rings is 2. The lowest BCUT2D eigenvalue weighted by atomic mass is 10.2. The molecule has 0 aliphatic heterocycles. The summed E-state index contributed by atoms with van der Waals surface area (Å²) in [6, 6.07) is 10.4. The van der Waals surface area contributed by atoms with Crippen LogP contribution in [0.15, 0.2) is 63.1 Å². The largest absolute Gasteiger partial charge is 0.487 e. The van der Waals surface area contributed by atoms with Crippen molar-refractivity contribution in [2.45, 2.75) is 0 Å². The fourth-order valence-electron chi connectivity index (χ4n) is 1.82. The van der Waals surface area contributed by atoms with Crippen LogP contribution in [0, 0.1) is 0 Å². The van der Waals surface area contributed by atoms with Crippen LogP contribution in [0.5, 0.6) is 11.5 Å². The molecule has 0 aliphatic rings. The number of amides is 1. The number of hydrogen-bond acceptors (Lipinski definition) is 4. The summed E-state index contributed by atoms with van der Waals surface area (Å²) in [5, 5.41) is 4.52. The fraction of sp³-hybridized carbons (Fsp3) is 0.111. The SMILES string of the molecule is C=CCOc1c(Br)cc(C=NNC(=O)COc2ccc(Cl)cc2)cc1Br. The van der Waals surface area contributed by atoms with Crippen LogP contribution in [-0.2, 0) is 4.79 Å². The van der Waals surface area contributed by atoms with E-state index in [1.165, 1.54) is 6.21 Å². The monoisotopic (exact) mass is 500 g/mol. The minimum atomic E-state index is -0.375. The molecule has 0 heterocycles. The molecule has 136 valence electrons. The number of carbonyl (C=O) groups excluding carboxylic acids is 1. The Labute approximate surface area is 173 Å². The fourth-order valence-corrected chi connectivity index (χ4v) is 3.40. The Morgan fingerprint density at radius 2 is 1.85 bits per heavy atom. The summed E-state index contributed by atoms with van der Waals surface area (Å²) in [6.07, 6.45) is 3.18. The lowest BCUT2D eigenvalue weighted by Crippen LogP contribution is -2.24. The zero-order valence-corrected chi connectivity index (χ0v) is 17.5. The highest BCUT2D eigenvalue weighted by Crippen LogP contribution is 2.34. The predicted octanol–water partition coefficient (Wildman–Crippen LogP) is 4.96. The van der Waals surface area contributed by atoms with Crippen LogP contribution in [0.3, 0.4) is 0 Å². The second-order valence-corrected chi connectivity index (χ2v) is 7.09. The molecule has 26 heavy (non-hydrogen) atoms. The van der Waals surface area contributed by atoms with Gasteiger partial charge in [-0.05, 0) is 73.8 Å². The highest BCUT2D eigenvalue weighted by molar-refractivity contribution is 9.11. The van der Waals surface area contributed by atoms with Crippen molar-refractivity contribution in [1.82, 2.24) is 5.43 Å². The van der Waals surface area contributed by atoms with E-state index in [1.807, 2.05) is 12.1 Å². The van der Waals surface area contributed by atoms with Gasteiger partial charge in [-0.25, -0.2) is 5.43 Å². The van der Waals surface area contributed by atoms with Crippen LogP contribution in [0.1, 0.15) is 5.56 Å². The van der Waals surface area contributed by atoms with Gasteiger partial charge in [0.15, 0.2) is 6.61 Å². The smallest absolute Gasteiger partial charge is 0.277 e. The van der Waals surface area contributed by atoms with Crippen LogP contribution in [-0.4, -0.2) is 25.3 Å². The maximum absolute atomic E-state index is 11.8. The van der Waals surface area contributed by atoms with Crippen molar-refractivity contribution in [2.75, 3.05) is 13.2 Å². The van der Waals surface area contributed by atoms with Gasteiger partial charge >= 0.3 is 0 Å². The third-order valence-corrected chi connectivity index (χ3v) is 4.38. The highest BCUT2D eigenvalue weighted by Gasteiger charge is 2.08. The van der Waals surface area contributed by atoms with Gasteiger partial charge in [-0.1, -0.05) is 24.3 Å². The number of ether oxygens (including phenoxy) is 2. The predicted molar refractivity (Wildman–Crippen MR) is 110 cm³/mol. The molecule has 0 spiro atoms. The van der Waals surface area contributed by atoms with E-state index < -0.39 is 0 Å². The van der Waals surface area contributed by atoms with E-state index in [4.69, 9.17) is 21.1 Å². The molecule has 1 amide bonds. The first-order valence-corrected chi connectivity index (χ1v) is 9.39. The van der Waals surface area contributed by atoms with Gasteiger partial charge in [-0.15, -0.1) is 0 Å². The molecule has 0 saturated carbocycles. The van der Waals surface area contributed by atoms with E-state index in [1.54, 1.807) is 30.3 Å². The molecule has 0 atom stereocenters. The zero-order valence-electron chi connectivity index (χ0n) is 13.5. The second kappa shape index (κ2) is 10.4. The molecule has 0 radical (unpaired) electrons. The van der Waals surface area contributed by atoms with Crippen molar-refractivity contribution >= 4 is 55.6 Å². The normalized spacial score (nSPS) is 10.6. The van der Waals surface area contributed by atoms with Crippen molar-refractivity contribution in [3.63, 3.8) is 0 Å². The molecular formula is C18H15Br2ClN2O3. The average molecular weight is 503 g/mol. The number of halogens is 3. The molecule has 0 unspecified atom stereocenters. The topological polar surface area (TPSA) is 59.9 Å². The van der Waals surface area contributed by atoms with Gasteiger partial charge in [0.2, 0.25) is 0 Å². The van der Waals surface area contributed by atoms with Crippen LogP contribution >= 0.6 is 43.5 Å². The van der Waals surface area contributed by atoms with Crippen molar-refractivity contribution < 1.29 is 14.3 Å². The van der Waals surface area contributed by atoms with Crippen LogP contribution < -0.4 is 14.9 Å². The van der Waals surface area contributed by atoms with Gasteiger partial charge in [0.05, 0.1) is 15.2 Å². The van der Waals surface area contributed by atoms with Gasteiger partial charge in [-0.3, -0.25) is 4.79 Å². The quantitative estimate of drug-likeness (QED) is 0.315. The Morgan fingerprint density at radius 1 is 1.19 bits per heavy atom. The third kappa shape index (κ3) is 6.48. The van der Waals surface area contributed by atoms with Gasteiger partial charge < -0.3 is 9.47 Å². The van der Waals surface area contributed by atoms with Crippen LogP contribution in [0.2, 0.25) is 5.02 Å².